The molecule has 6 heteroatoms. The molecule has 0 spiro atoms. The van der Waals surface area contributed by atoms with E-state index in [1.807, 2.05) is 30.3 Å². The molecule has 17 heavy (non-hydrogen) atoms. The van der Waals surface area contributed by atoms with Crippen molar-refractivity contribution in [2.24, 2.45) is 5.73 Å². The molecule has 1 aromatic heterocycles. The maximum absolute atomic E-state index is 11.5. The molecule has 0 aliphatic heterocycles. The molecule has 0 saturated carbocycles. The fourth-order valence-electron chi connectivity index (χ4n) is 1.28. The van der Waals surface area contributed by atoms with Crippen LogP contribution in [0.15, 0.2) is 34.9 Å². The monoisotopic (exact) mass is 232 g/mol. The molecule has 2 rings (SSSR count). The van der Waals surface area contributed by atoms with Crippen LogP contribution >= 0.6 is 0 Å². The second-order valence-corrected chi connectivity index (χ2v) is 3.33. The minimum Gasteiger partial charge on any atom is -0.347 e. The van der Waals surface area contributed by atoms with E-state index in [0.717, 1.165) is 5.56 Å². The number of hydrogen-bond donors (Lipinski definition) is 2. The van der Waals surface area contributed by atoms with Crippen LogP contribution in [0.25, 0.3) is 11.4 Å². The number of nitrogens with one attached hydrogen (secondary N) is 1. The highest BCUT2D eigenvalue weighted by atomic mass is 16.5. The first-order valence-corrected chi connectivity index (χ1v) is 5.18. The third-order valence-electron chi connectivity index (χ3n) is 2.08. The molecule has 2 aromatic rings. The first-order chi connectivity index (χ1) is 8.31. The van der Waals surface area contributed by atoms with E-state index in [9.17, 15) is 4.79 Å². The van der Waals surface area contributed by atoms with Gasteiger partial charge in [0.2, 0.25) is 5.82 Å². The van der Waals surface area contributed by atoms with E-state index in [4.69, 9.17) is 10.3 Å². The lowest BCUT2D eigenvalue weighted by Crippen LogP contribution is -2.29. The van der Waals surface area contributed by atoms with Gasteiger partial charge in [0.05, 0.1) is 0 Å². The molecular weight excluding hydrogens is 220 g/mol. The molecule has 88 valence electrons. The van der Waals surface area contributed by atoms with E-state index in [1.165, 1.54) is 0 Å². The number of hydrogen-bond acceptors (Lipinski definition) is 5. The van der Waals surface area contributed by atoms with Crippen LogP contribution in [-0.4, -0.2) is 29.1 Å². The van der Waals surface area contributed by atoms with Crippen molar-refractivity contribution in [1.82, 2.24) is 15.5 Å². The predicted molar refractivity (Wildman–Crippen MR) is 61.1 cm³/mol. The van der Waals surface area contributed by atoms with Crippen molar-refractivity contribution < 1.29 is 9.32 Å². The number of carbonyl (C=O) groups is 1. The summed E-state index contributed by atoms with van der Waals surface area (Å²) >= 11 is 0. The Morgan fingerprint density at radius 1 is 1.35 bits per heavy atom. The predicted octanol–water partition coefficient (Wildman–Crippen LogP) is 0.425. The van der Waals surface area contributed by atoms with E-state index in [2.05, 4.69) is 15.5 Å². The molecule has 0 aliphatic rings. The van der Waals surface area contributed by atoms with Crippen LogP contribution in [0.2, 0.25) is 0 Å². The summed E-state index contributed by atoms with van der Waals surface area (Å²) in [4.78, 5) is 15.5. The number of carbonyl (C=O) groups excluding carboxylic acids is 1. The van der Waals surface area contributed by atoms with Gasteiger partial charge in [-0.25, -0.2) is 0 Å². The zero-order chi connectivity index (χ0) is 12.1. The molecule has 0 fully saturated rings. The molecule has 3 N–H and O–H groups in total. The molecule has 0 unspecified atom stereocenters. The van der Waals surface area contributed by atoms with E-state index in [-0.39, 0.29) is 5.89 Å². The molecule has 0 saturated heterocycles. The first kappa shape index (κ1) is 11.3. The minimum atomic E-state index is -0.412. The normalized spacial score (nSPS) is 10.2. The van der Waals surface area contributed by atoms with Crippen LogP contribution in [0.5, 0.6) is 0 Å². The molecule has 0 radical (unpaired) electrons. The van der Waals surface area contributed by atoms with E-state index < -0.39 is 5.91 Å². The average molecular weight is 232 g/mol. The summed E-state index contributed by atoms with van der Waals surface area (Å²) in [5.74, 6) is -0.0778. The number of nitrogens with two attached hydrogens (primary N) is 1. The van der Waals surface area contributed by atoms with Gasteiger partial charge in [-0.1, -0.05) is 35.5 Å². The van der Waals surface area contributed by atoms with Gasteiger partial charge >= 0.3 is 11.8 Å². The Kier molecular flexibility index (Phi) is 3.46. The molecular formula is C11H12N4O2. The Morgan fingerprint density at radius 3 is 2.82 bits per heavy atom. The highest BCUT2D eigenvalue weighted by Crippen LogP contribution is 2.14. The third-order valence-corrected chi connectivity index (χ3v) is 2.08. The van der Waals surface area contributed by atoms with Gasteiger partial charge in [-0.15, -0.1) is 0 Å². The maximum Gasteiger partial charge on any atom is 0.316 e. The first-order valence-electron chi connectivity index (χ1n) is 5.18. The molecule has 6 nitrogen and oxygen atoms in total. The zero-order valence-corrected chi connectivity index (χ0v) is 9.09. The summed E-state index contributed by atoms with van der Waals surface area (Å²) in [6.07, 6.45) is 0. The lowest BCUT2D eigenvalue weighted by molar-refractivity contribution is 0.0911. The highest BCUT2D eigenvalue weighted by Gasteiger charge is 2.14. The largest absolute Gasteiger partial charge is 0.347 e. The summed E-state index contributed by atoms with van der Waals surface area (Å²) in [6.45, 7) is 0.743. The Bertz CT molecular complexity index is 495. The van der Waals surface area contributed by atoms with Crippen LogP contribution < -0.4 is 11.1 Å². The van der Waals surface area contributed by atoms with E-state index >= 15 is 0 Å². The van der Waals surface area contributed by atoms with Gasteiger partial charge in [0.15, 0.2) is 0 Å². The smallest absolute Gasteiger partial charge is 0.316 e. The molecule has 1 aromatic carbocycles. The summed E-state index contributed by atoms with van der Waals surface area (Å²) in [5, 5.41) is 6.29. The molecule has 1 amide bonds. The Morgan fingerprint density at radius 2 is 2.12 bits per heavy atom. The fraction of sp³-hybridized carbons (Fsp3) is 0.182. The number of amides is 1. The number of benzene rings is 1. The van der Waals surface area contributed by atoms with E-state index in [0.29, 0.717) is 18.9 Å². The van der Waals surface area contributed by atoms with Crippen LogP contribution in [-0.2, 0) is 0 Å². The lowest BCUT2D eigenvalue weighted by Gasteiger charge is -1.96. The van der Waals surface area contributed by atoms with Gasteiger partial charge < -0.3 is 15.6 Å². The van der Waals surface area contributed by atoms with Crippen molar-refractivity contribution >= 4 is 5.91 Å². The zero-order valence-electron chi connectivity index (χ0n) is 9.09. The molecule has 1 heterocycles. The van der Waals surface area contributed by atoms with Gasteiger partial charge in [-0.05, 0) is 0 Å². The number of rotatable bonds is 4. The SMILES string of the molecule is NCCNC(=O)c1nc(-c2ccccc2)no1. The highest BCUT2D eigenvalue weighted by molar-refractivity contribution is 5.89. The van der Waals surface area contributed by atoms with Crippen molar-refractivity contribution in [2.45, 2.75) is 0 Å². The molecule has 0 atom stereocenters. The third kappa shape index (κ3) is 2.67. The standard InChI is InChI=1S/C11H12N4O2/c12-6-7-13-10(16)11-14-9(15-17-11)8-4-2-1-3-5-8/h1-5H,6-7,12H2,(H,13,16). The molecule has 0 aliphatic carbocycles. The Labute approximate surface area is 97.8 Å². The van der Waals surface area contributed by atoms with Crippen molar-refractivity contribution in [1.29, 1.82) is 0 Å². The minimum absolute atomic E-state index is 0.0581. The topological polar surface area (TPSA) is 94.0 Å². The van der Waals surface area contributed by atoms with Crippen molar-refractivity contribution in [2.75, 3.05) is 13.1 Å². The fourth-order valence-corrected chi connectivity index (χ4v) is 1.28. The Hall–Kier alpha value is -2.21. The second kappa shape index (κ2) is 5.22. The van der Waals surface area contributed by atoms with Gasteiger partial charge in [0.25, 0.3) is 0 Å². The van der Waals surface area contributed by atoms with Crippen molar-refractivity contribution in [3.63, 3.8) is 0 Å². The van der Waals surface area contributed by atoms with Crippen LogP contribution in [0.3, 0.4) is 0 Å². The van der Waals surface area contributed by atoms with Crippen LogP contribution in [0.4, 0.5) is 0 Å². The summed E-state index contributed by atoms with van der Waals surface area (Å²) in [7, 11) is 0. The quantitative estimate of drug-likeness (QED) is 0.797. The van der Waals surface area contributed by atoms with Gasteiger partial charge in [0, 0.05) is 18.7 Å². The summed E-state index contributed by atoms with van der Waals surface area (Å²) < 4.78 is 4.86. The summed E-state index contributed by atoms with van der Waals surface area (Å²) in [5.41, 5.74) is 6.07. The van der Waals surface area contributed by atoms with Crippen molar-refractivity contribution in [3.8, 4) is 11.4 Å². The van der Waals surface area contributed by atoms with Crippen molar-refractivity contribution in [3.05, 3.63) is 36.2 Å². The number of nitrogens with zero attached hydrogens (tertiary/aromatic N) is 2. The Balaban J connectivity index is 2.14. The van der Waals surface area contributed by atoms with Gasteiger partial charge in [-0.3, -0.25) is 4.79 Å². The van der Waals surface area contributed by atoms with Gasteiger partial charge in [0.1, 0.15) is 0 Å². The molecule has 0 bridgehead atoms. The van der Waals surface area contributed by atoms with Gasteiger partial charge in [-0.2, -0.15) is 4.98 Å². The summed E-state index contributed by atoms with van der Waals surface area (Å²) in [6, 6.07) is 9.29. The van der Waals surface area contributed by atoms with Crippen LogP contribution in [0, 0.1) is 0 Å². The number of aromatic nitrogens is 2. The van der Waals surface area contributed by atoms with Crippen LogP contribution in [0.1, 0.15) is 10.7 Å². The maximum atomic E-state index is 11.5. The second-order valence-electron chi connectivity index (χ2n) is 3.33. The van der Waals surface area contributed by atoms with E-state index in [1.54, 1.807) is 0 Å². The lowest BCUT2D eigenvalue weighted by atomic mass is 10.2. The average Bonchev–Trinajstić information content (AvgIpc) is 2.86.